The fourth-order valence-electron chi connectivity index (χ4n) is 3.86. The number of carbonyl (C=O) groups excluding carboxylic acids is 1. The van der Waals surface area contributed by atoms with Crippen molar-refractivity contribution in [3.63, 3.8) is 0 Å². The summed E-state index contributed by atoms with van der Waals surface area (Å²) in [6.07, 6.45) is 5.14. The van der Waals surface area contributed by atoms with Gasteiger partial charge in [-0.1, -0.05) is 61.4 Å². The van der Waals surface area contributed by atoms with E-state index < -0.39 is 0 Å². The van der Waals surface area contributed by atoms with Crippen molar-refractivity contribution < 1.29 is 4.79 Å². The van der Waals surface area contributed by atoms with Crippen LogP contribution in [0, 0.1) is 0 Å². The lowest BCUT2D eigenvalue weighted by Crippen LogP contribution is -2.35. The van der Waals surface area contributed by atoms with Gasteiger partial charge in [-0.15, -0.1) is 10.2 Å². The van der Waals surface area contributed by atoms with Crippen molar-refractivity contribution in [2.24, 2.45) is 0 Å². The van der Waals surface area contributed by atoms with E-state index in [1.807, 2.05) is 54.6 Å². The third kappa shape index (κ3) is 4.20. The van der Waals surface area contributed by atoms with Crippen molar-refractivity contribution in [1.29, 1.82) is 0 Å². The highest BCUT2D eigenvalue weighted by Crippen LogP contribution is 2.26. The molecule has 1 aliphatic heterocycles. The summed E-state index contributed by atoms with van der Waals surface area (Å²) >= 11 is 0. The fourth-order valence-corrected chi connectivity index (χ4v) is 3.86. The Morgan fingerprint density at radius 2 is 1.61 bits per heavy atom. The summed E-state index contributed by atoms with van der Waals surface area (Å²) in [6.45, 7) is 3.79. The molecule has 144 valence electrons. The average molecular weight is 374 g/mol. The predicted molar refractivity (Wildman–Crippen MR) is 112 cm³/mol. The molecule has 0 radical (unpaired) electrons. The number of nitrogens with one attached hydrogen (secondary N) is 1. The van der Waals surface area contributed by atoms with E-state index in [4.69, 9.17) is 0 Å². The highest BCUT2D eigenvalue weighted by molar-refractivity contribution is 6.10. The number of carbonyl (C=O) groups is 1. The maximum atomic E-state index is 13.2. The number of benzene rings is 2. The Morgan fingerprint density at radius 3 is 2.39 bits per heavy atom. The Labute approximate surface area is 165 Å². The molecule has 1 N–H and O–H groups in total. The van der Waals surface area contributed by atoms with E-state index in [9.17, 15) is 4.79 Å². The van der Waals surface area contributed by atoms with Crippen LogP contribution in [0.2, 0.25) is 0 Å². The summed E-state index contributed by atoms with van der Waals surface area (Å²) in [5, 5.41) is 12.7. The molecule has 5 nitrogen and oxygen atoms in total. The van der Waals surface area contributed by atoms with Gasteiger partial charge >= 0.3 is 0 Å². The van der Waals surface area contributed by atoms with Crippen LogP contribution in [0.3, 0.4) is 0 Å². The van der Waals surface area contributed by atoms with Crippen LogP contribution in [0.1, 0.15) is 36.0 Å². The lowest BCUT2D eigenvalue weighted by Gasteiger charge is -2.20. The summed E-state index contributed by atoms with van der Waals surface area (Å²) in [7, 11) is 0. The average Bonchev–Trinajstić information content (AvgIpc) is 3.02. The van der Waals surface area contributed by atoms with Crippen molar-refractivity contribution in [2.45, 2.75) is 25.7 Å². The molecule has 0 spiro atoms. The van der Waals surface area contributed by atoms with E-state index in [1.54, 1.807) is 0 Å². The van der Waals surface area contributed by atoms with E-state index >= 15 is 0 Å². The highest BCUT2D eigenvalue weighted by Gasteiger charge is 2.19. The first-order valence-electron chi connectivity index (χ1n) is 10.1. The molecule has 1 saturated heterocycles. The van der Waals surface area contributed by atoms with Gasteiger partial charge in [0.05, 0.1) is 11.1 Å². The summed E-state index contributed by atoms with van der Waals surface area (Å²) in [6, 6.07) is 17.5. The minimum absolute atomic E-state index is 0.0835. The minimum Gasteiger partial charge on any atom is -0.351 e. The smallest absolute Gasteiger partial charge is 0.254 e. The van der Waals surface area contributed by atoms with Crippen molar-refractivity contribution in [2.75, 3.05) is 26.2 Å². The number of rotatable bonds is 5. The Balaban J connectivity index is 1.58. The molecule has 1 aromatic heterocycles. The largest absolute Gasteiger partial charge is 0.351 e. The van der Waals surface area contributed by atoms with E-state index in [1.165, 1.54) is 25.7 Å². The van der Waals surface area contributed by atoms with Crippen molar-refractivity contribution >= 4 is 16.8 Å². The van der Waals surface area contributed by atoms with Crippen LogP contribution in [-0.4, -0.2) is 47.2 Å². The molecular formula is C23H26N4O. The fraction of sp³-hybridized carbons (Fsp3) is 0.348. The second kappa shape index (κ2) is 8.93. The molecule has 28 heavy (non-hydrogen) atoms. The van der Waals surface area contributed by atoms with Gasteiger partial charge in [-0.3, -0.25) is 4.79 Å². The third-order valence-corrected chi connectivity index (χ3v) is 5.35. The summed E-state index contributed by atoms with van der Waals surface area (Å²) < 4.78 is 0. The van der Waals surface area contributed by atoms with E-state index in [2.05, 4.69) is 20.4 Å². The summed E-state index contributed by atoms with van der Waals surface area (Å²) in [5.74, 6) is -0.0835. The molecule has 0 bridgehead atoms. The molecular weight excluding hydrogens is 348 g/mol. The maximum absolute atomic E-state index is 13.2. The zero-order chi connectivity index (χ0) is 19.2. The lowest BCUT2D eigenvalue weighted by molar-refractivity contribution is 0.0950. The van der Waals surface area contributed by atoms with Gasteiger partial charge in [0.25, 0.3) is 5.91 Å². The zero-order valence-electron chi connectivity index (χ0n) is 16.1. The molecule has 1 fully saturated rings. The number of fused-ring (bicyclic) bond motifs is 1. The van der Waals surface area contributed by atoms with Gasteiger partial charge in [0, 0.05) is 24.0 Å². The maximum Gasteiger partial charge on any atom is 0.254 e. The van der Waals surface area contributed by atoms with Crippen LogP contribution in [-0.2, 0) is 0 Å². The topological polar surface area (TPSA) is 58.1 Å². The van der Waals surface area contributed by atoms with Gasteiger partial charge in [0.1, 0.15) is 5.69 Å². The Morgan fingerprint density at radius 1 is 0.893 bits per heavy atom. The summed E-state index contributed by atoms with van der Waals surface area (Å²) in [5.41, 5.74) is 2.87. The van der Waals surface area contributed by atoms with E-state index in [0.717, 1.165) is 36.1 Å². The number of hydrogen-bond donors (Lipinski definition) is 1. The monoisotopic (exact) mass is 374 g/mol. The van der Waals surface area contributed by atoms with Gasteiger partial charge in [0.15, 0.2) is 0 Å². The Hall–Kier alpha value is -2.79. The van der Waals surface area contributed by atoms with Crippen LogP contribution < -0.4 is 5.32 Å². The van der Waals surface area contributed by atoms with Gasteiger partial charge in [-0.25, -0.2) is 0 Å². The van der Waals surface area contributed by atoms with Crippen LogP contribution >= 0.6 is 0 Å². The number of aromatic nitrogens is 2. The number of likely N-dealkylation sites (tertiary alicyclic amines) is 1. The van der Waals surface area contributed by atoms with Crippen molar-refractivity contribution in [3.8, 4) is 11.3 Å². The first kappa shape index (κ1) is 18.6. The van der Waals surface area contributed by atoms with Crippen molar-refractivity contribution in [1.82, 2.24) is 20.4 Å². The van der Waals surface area contributed by atoms with Crippen molar-refractivity contribution in [3.05, 3.63) is 60.2 Å². The minimum atomic E-state index is -0.0835. The molecule has 0 atom stereocenters. The molecule has 2 aromatic carbocycles. The van der Waals surface area contributed by atoms with Gasteiger partial charge < -0.3 is 10.2 Å². The van der Waals surface area contributed by atoms with Gasteiger partial charge in [0.2, 0.25) is 0 Å². The first-order valence-corrected chi connectivity index (χ1v) is 10.1. The predicted octanol–water partition coefficient (Wildman–Crippen LogP) is 3.90. The Bertz CT molecular complexity index is 934. The molecule has 1 aliphatic rings. The van der Waals surface area contributed by atoms with E-state index in [0.29, 0.717) is 17.8 Å². The number of hydrogen-bond acceptors (Lipinski definition) is 4. The Kier molecular flexibility index (Phi) is 5.92. The third-order valence-electron chi connectivity index (χ3n) is 5.35. The lowest BCUT2D eigenvalue weighted by atomic mass is 10.0. The highest BCUT2D eigenvalue weighted by atomic mass is 16.1. The first-order chi connectivity index (χ1) is 13.8. The van der Waals surface area contributed by atoms with Crippen LogP contribution in [0.5, 0.6) is 0 Å². The second-order valence-corrected chi connectivity index (χ2v) is 7.32. The molecule has 3 aromatic rings. The second-order valence-electron chi connectivity index (χ2n) is 7.32. The number of amides is 1. The van der Waals surface area contributed by atoms with Gasteiger partial charge in [-0.2, -0.15) is 0 Å². The standard InChI is InChI=1S/C23H26N4O/c28-23(24-14-17-27-15-8-1-2-9-16-27)21-19-12-6-7-13-20(19)25-26-22(21)18-10-4-3-5-11-18/h3-7,10-13H,1-2,8-9,14-17H2,(H,24,28). The normalized spacial score (nSPS) is 15.3. The van der Waals surface area contributed by atoms with Crippen LogP contribution in [0.25, 0.3) is 22.2 Å². The quantitative estimate of drug-likeness (QED) is 0.736. The molecule has 0 saturated carbocycles. The molecule has 0 unspecified atom stereocenters. The molecule has 4 rings (SSSR count). The SMILES string of the molecule is O=C(NCCN1CCCCCC1)c1c(-c2ccccc2)nnc2ccccc12. The number of nitrogens with zero attached hydrogens (tertiary/aromatic N) is 3. The summed E-state index contributed by atoms with van der Waals surface area (Å²) in [4.78, 5) is 15.6. The zero-order valence-corrected chi connectivity index (χ0v) is 16.1. The molecule has 2 heterocycles. The molecule has 1 amide bonds. The van der Waals surface area contributed by atoms with Crippen LogP contribution in [0.4, 0.5) is 0 Å². The van der Waals surface area contributed by atoms with Crippen LogP contribution in [0.15, 0.2) is 54.6 Å². The molecule has 0 aliphatic carbocycles. The molecule has 5 heteroatoms. The van der Waals surface area contributed by atoms with E-state index in [-0.39, 0.29) is 5.91 Å². The van der Waals surface area contributed by atoms with Gasteiger partial charge in [-0.05, 0) is 32.0 Å².